The number of benzene rings is 1. The number of carbonyl (C=O) groups is 3. The minimum Gasteiger partial charge on any atom is -0.326 e. The molecule has 0 unspecified atom stereocenters. The summed E-state index contributed by atoms with van der Waals surface area (Å²) in [6.45, 7) is 0.118. The molecule has 1 saturated heterocycles. The molecule has 6 atom stereocenters. The molecule has 6 rings (SSSR count). The van der Waals surface area contributed by atoms with Gasteiger partial charge >= 0.3 is 0 Å². The summed E-state index contributed by atoms with van der Waals surface area (Å²) in [6.07, 6.45) is 5.49. The maximum absolute atomic E-state index is 12.9. The van der Waals surface area contributed by atoms with E-state index < -0.39 is 0 Å². The van der Waals surface area contributed by atoms with Crippen molar-refractivity contribution in [1.29, 1.82) is 0 Å². The van der Waals surface area contributed by atoms with Gasteiger partial charge in [-0.1, -0.05) is 35.4 Å². The summed E-state index contributed by atoms with van der Waals surface area (Å²) < 4.78 is 0. The Labute approximate surface area is 166 Å². The summed E-state index contributed by atoms with van der Waals surface area (Å²) in [5, 5.41) is 3.49. The van der Waals surface area contributed by atoms with Crippen LogP contribution in [-0.4, -0.2) is 29.2 Å². The fraction of sp³-hybridized carbons (Fsp3) is 0.450. The zero-order chi connectivity index (χ0) is 18.9. The predicted octanol–water partition coefficient (Wildman–Crippen LogP) is 3.38. The number of amides is 3. The third kappa shape index (κ3) is 2.63. The van der Waals surface area contributed by atoms with Crippen LogP contribution >= 0.6 is 23.2 Å². The summed E-state index contributed by atoms with van der Waals surface area (Å²) >= 11 is 11.8. The van der Waals surface area contributed by atoms with Crippen molar-refractivity contribution < 1.29 is 14.4 Å². The number of hydrogen-bond donors (Lipinski definition) is 1. The highest BCUT2D eigenvalue weighted by atomic mass is 35.5. The Balaban J connectivity index is 1.24. The number of carbonyl (C=O) groups excluding carboxylic acids is 3. The fourth-order valence-electron chi connectivity index (χ4n) is 5.25. The van der Waals surface area contributed by atoms with Crippen molar-refractivity contribution in [3.05, 3.63) is 40.4 Å². The molecule has 4 aliphatic carbocycles. The zero-order valence-corrected chi connectivity index (χ0v) is 15.9. The molecule has 1 aliphatic heterocycles. The Hall–Kier alpha value is -1.85. The third-order valence-corrected chi connectivity index (χ3v) is 7.26. The van der Waals surface area contributed by atoms with Crippen molar-refractivity contribution in [3.8, 4) is 0 Å². The van der Waals surface area contributed by atoms with Crippen molar-refractivity contribution in [3.63, 3.8) is 0 Å². The van der Waals surface area contributed by atoms with E-state index in [1.807, 2.05) is 0 Å². The average Bonchev–Trinajstić information content (AvgIpc) is 3.42. The molecule has 1 heterocycles. The van der Waals surface area contributed by atoms with Crippen molar-refractivity contribution in [1.82, 2.24) is 4.90 Å². The first-order valence-corrected chi connectivity index (χ1v) is 10.00. The molecule has 140 valence electrons. The second kappa shape index (κ2) is 6.08. The van der Waals surface area contributed by atoms with E-state index in [0.29, 0.717) is 27.6 Å². The van der Waals surface area contributed by atoms with E-state index in [1.165, 1.54) is 4.90 Å². The Morgan fingerprint density at radius 2 is 1.67 bits per heavy atom. The van der Waals surface area contributed by atoms with Crippen LogP contribution in [0, 0.1) is 35.5 Å². The highest BCUT2D eigenvalue weighted by Gasteiger charge is 2.66. The van der Waals surface area contributed by atoms with E-state index in [4.69, 9.17) is 23.2 Å². The van der Waals surface area contributed by atoms with Gasteiger partial charge in [0.05, 0.1) is 21.9 Å². The van der Waals surface area contributed by atoms with Gasteiger partial charge in [0.1, 0.15) is 0 Å². The van der Waals surface area contributed by atoms with Gasteiger partial charge in [-0.2, -0.15) is 0 Å². The van der Waals surface area contributed by atoms with Crippen LogP contribution < -0.4 is 5.32 Å². The number of rotatable bonds is 4. The topological polar surface area (TPSA) is 66.5 Å². The van der Waals surface area contributed by atoms with Gasteiger partial charge in [-0.15, -0.1) is 0 Å². The van der Waals surface area contributed by atoms with E-state index >= 15 is 0 Å². The number of likely N-dealkylation sites (tertiary alicyclic amines) is 1. The third-order valence-electron chi connectivity index (χ3n) is 6.52. The molecular weight excluding hydrogens is 387 g/mol. The number of hydrogen-bond acceptors (Lipinski definition) is 3. The maximum atomic E-state index is 12.9. The lowest BCUT2D eigenvalue weighted by molar-refractivity contribution is -0.140. The van der Waals surface area contributed by atoms with E-state index in [0.717, 1.165) is 6.42 Å². The van der Waals surface area contributed by atoms with Gasteiger partial charge in [0, 0.05) is 18.7 Å². The second-order valence-electron chi connectivity index (χ2n) is 7.91. The van der Waals surface area contributed by atoms with Crippen molar-refractivity contribution >= 4 is 46.6 Å². The number of allylic oxidation sites excluding steroid dienone is 2. The second-order valence-corrected chi connectivity index (χ2v) is 8.72. The summed E-state index contributed by atoms with van der Waals surface area (Å²) in [7, 11) is 0. The number of anilines is 1. The molecule has 3 amide bonds. The molecule has 0 spiro atoms. The lowest BCUT2D eigenvalue weighted by Crippen LogP contribution is -2.40. The Bertz CT molecular complexity index is 863. The molecule has 5 nitrogen and oxygen atoms in total. The van der Waals surface area contributed by atoms with Gasteiger partial charge in [-0.3, -0.25) is 19.3 Å². The molecule has 3 fully saturated rings. The Morgan fingerprint density at radius 1 is 1.04 bits per heavy atom. The van der Waals surface area contributed by atoms with Gasteiger partial charge in [0.15, 0.2) is 0 Å². The molecule has 2 saturated carbocycles. The largest absolute Gasteiger partial charge is 0.326 e. The minimum absolute atomic E-state index is 0.0623. The van der Waals surface area contributed by atoms with E-state index in [9.17, 15) is 14.4 Å². The van der Waals surface area contributed by atoms with E-state index in [1.54, 1.807) is 18.2 Å². The molecule has 27 heavy (non-hydrogen) atoms. The zero-order valence-electron chi connectivity index (χ0n) is 14.4. The smallest absolute Gasteiger partial charge is 0.233 e. The van der Waals surface area contributed by atoms with Gasteiger partial charge < -0.3 is 5.32 Å². The average molecular weight is 405 g/mol. The number of nitrogens with zero attached hydrogens (tertiary/aromatic N) is 1. The van der Waals surface area contributed by atoms with Crippen LogP contribution in [0.25, 0.3) is 0 Å². The van der Waals surface area contributed by atoms with Crippen molar-refractivity contribution in [2.24, 2.45) is 35.5 Å². The molecular formula is C20H18Cl2N2O3. The van der Waals surface area contributed by atoms with E-state index in [-0.39, 0.29) is 54.4 Å². The van der Waals surface area contributed by atoms with Crippen LogP contribution in [-0.2, 0) is 14.4 Å². The highest BCUT2D eigenvalue weighted by molar-refractivity contribution is 6.42. The standard InChI is InChI=1S/C20H18Cl2N2O3/c21-14-4-1-9(7-15(14)22)23-16(25)5-6-24-19(26)17-10-2-3-11(13-8-12(10)13)18(17)20(24)27/h1-4,7,10-13,17-18H,5-6,8H2,(H,23,25)/t10-,11-,12-,13-,17+,18+/m0/s1. The summed E-state index contributed by atoms with van der Waals surface area (Å²) in [4.78, 5) is 39.3. The van der Waals surface area contributed by atoms with Crippen LogP contribution in [0.5, 0.6) is 0 Å². The lowest BCUT2D eigenvalue weighted by atomic mass is 9.63. The minimum atomic E-state index is -0.271. The molecule has 7 heteroatoms. The quantitative estimate of drug-likeness (QED) is 0.617. The van der Waals surface area contributed by atoms with Gasteiger partial charge in [0.25, 0.3) is 0 Å². The Morgan fingerprint density at radius 3 is 2.26 bits per heavy atom. The maximum Gasteiger partial charge on any atom is 0.233 e. The summed E-state index contributed by atoms with van der Waals surface area (Å²) in [5.74, 6) is 0.672. The molecule has 5 aliphatic rings. The van der Waals surface area contributed by atoms with Crippen LogP contribution in [0.15, 0.2) is 30.4 Å². The molecule has 1 aromatic rings. The predicted molar refractivity (Wildman–Crippen MR) is 101 cm³/mol. The first kappa shape index (κ1) is 17.3. The van der Waals surface area contributed by atoms with Crippen LogP contribution in [0.2, 0.25) is 10.0 Å². The monoisotopic (exact) mass is 404 g/mol. The molecule has 0 aromatic heterocycles. The van der Waals surface area contributed by atoms with Crippen LogP contribution in [0.4, 0.5) is 5.69 Å². The highest BCUT2D eigenvalue weighted by Crippen LogP contribution is 2.65. The number of halogens is 2. The fourth-order valence-corrected chi connectivity index (χ4v) is 5.55. The summed E-state index contributed by atoms with van der Waals surface area (Å²) in [5.41, 5.74) is 0.532. The van der Waals surface area contributed by atoms with Gasteiger partial charge in [-0.25, -0.2) is 0 Å². The van der Waals surface area contributed by atoms with Crippen LogP contribution in [0.1, 0.15) is 12.8 Å². The molecule has 2 bridgehead atoms. The summed E-state index contributed by atoms with van der Waals surface area (Å²) in [6, 6.07) is 4.83. The number of nitrogens with one attached hydrogen (secondary N) is 1. The SMILES string of the molecule is O=C(CCN1C(=O)[C@@H]2[C@H]3C=C[C@@H]([C@@H]4C[C@@H]34)[C@H]2C1=O)Nc1ccc(Cl)c(Cl)c1. The molecule has 1 aromatic carbocycles. The van der Waals surface area contributed by atoms with E-state index in [2.05, 4.69) is 17.5 Å². The molecule has 0 radical (unpaired) electrons. The van der Waals surface area contributed by atoms with Crippen molar-refractivity contribution in [2.45, 2.75) is 12.8 Å². The molecule has 1 N–H and O–H groups in total. The normalized spacial score (nSPS) is 35.3. The first-order valence-electron chi connectivity index (χ1n) is 9.24. The van der Waals surface area contributed by atoms with Crippen LogP contribution in [0.3, 0.4) is 0 Å². The van der Waals surface area contributed by atoms with Gasteiger partial charge in [-0.05, 0) is 48.3 Å². The number of imide groups is 1. The van der Waals surface area contributed by atoms with Gasteiger partial charge in [0.2, 0.25) is 17.7 Å². The Kier molecular flexibility index (Phi) is 3.89. The van der Waals surface area contributed by atoms with Crippen molar-refractivity contribution in [2.75, 3.05) is 11.9 Å². The lowest BCUT2D eigenvalue weighted by Gasteiger charge is -2.37. The first-order chi connectivity index (χ1) is 13.0.